The van der Waals surface area contributed by atoms with Crippen molar-refractivity contribution in [3.8, 4) is 0 Å². The van der Waals surface area contributed by atoms with E-state index in [9.17, 15) is 28.8 Å². The molecule has 14 nitrogen and oxygen atoms in total. The molecule has 1 aliphatic rings. The van der Waals surface area contributed by atoms with Gasteiger partial charge in [-0.05, 0) is 113 Å². The lowest BCUT2D eigenvalue weighted by Gasteiger charge is -2.30. The standard InChI is InChI=1S/C19H37N5O4.C9H19N.2C7H8.C6H11NO2.CH4O/c1-6-24(14(2)3)10-8-7-9-15(4)22-18(27)12-21-19(28)16(5)23-17(26)11-20-13-25;1-8-4-6-9(7-5-8)10(2)3;2*1-7-5-3-2-4-6-7;1-5(2)6(9)3-7-4-8;1-2/h13-16H,6-12H2,1-5H3,(H,20,25)(H,21,28)(H,22,27)(H,23,26);8-9H,4-7H2,1-3H3;2*2-6H,1H3;4-5H,3H2,1-2H3,(H,7,8);2H,1H3. The number of amides is 5. The number of ketones is 1. The zero-order valence-electron chi connectivity index (χ0n) is 41.2. The lowest BCUT2D eigenvalue weighted by molar-refractivity contribution is -0.130. The number of carbonyl (C=O) groups is 6. The summed E-state index contributed by atoms with van der Waals surface area (Å²) in [5.74, 6) is -0.155. The van der Waals surface area contributed by atoms with Gasteiger partial charge in [-0.15, -0.1) is 0 Å². The second-order valence-corrected chi connectivity index (χ2v) is 16.5. The summed E-state index contributed by atoms with van der Waals surface area (Å²) in [6.07, 6.45) is 9.61. The maximum Gasteiger partial charge on any atom is 0.242 e. The first-order chi connectivity index (χ1) is 29.9. The van der Waals surface area contributed by atoms with Gasteiger partial charge >= 0.3 is 0 Å². The van der Waals surface area contributed by atoms with Crippen molar-refractivity contribution in [2.75, 3.05) is 53.9 Å². The predicted octanol–water partition coefficient (Wildman–Crippen LogP) is 5.44. The number of aliphatic hydroxyl groups is 1. The molecule has 2 unspecified atom stereocenters. The van der Waals surface area contributed by atoms with Gasteiger partial charge < -0.3 is 41.5 Å². The first-order valence-electron chi connectivity index (χ1n) is 22.5. The molecule has 0 aliphatic heterocycles. The van der Waals surface area contributed by atoms with Crippen molar-refractivity contribution in [1.29, 1.82) is 0 Å². The fourth-order valence-electron chi connectivity index (χ4n) is 5.93. The van der Waals surface area contributed by atoms with E-state index in [1.54, 1.807) is 13.8 Å². The molecule has 1 saturated carbocycles. The van der Waals surface area contributed by atoms with Crippen LogP contribution in [-0.2, 0) is 28.8 Å². The third-order valence-corrected chi connectivity index (χ3v) is 10.0. The molecule has 0 heterocycles. The first kappa shape index (κ1) is 62.6. The van der Waals surface area contributed by atoms with E-state index in [2.05, 4.69) is 116 Å². The van der Waals surface area contributed by atoms with Gasteiger partial charge in [-0.25, -0.2) is 0 Å². The van der Waals surface area contributed by atoms with E-state index < -0.39 is 17.9 Å². The number of aliphatic hydroxyl groups excluding tert-OH is 1. The van der Waals surface area contributed by atoms with Crippen molar-refractivity contribution in [3.63, 3.8) is 0 Å². The molecule has 2 aromatic rings. The summed E-state index contributed by atoms with van der Waals surface area (Å²) in [6, 6.07) is 21.2. The lowest BCUT2D eigenvalue weighted by atomic mass is 9.87. The van der Waals surface area contributed by atoms with Crippen molar-refractivity contribution in [3.05, 3.63) is 71.8 Å². The first-order valence-corrected chi connectivity index (χ1v) is 22.5. The van der Waals surface area contributed by atoms with Gasteiger partial charge in [0.25, 0.3) is 0 Å². The van der Waals surface area contributed by atoms with Crippen molar-refractivity contribution in [2.24, 2.45) is 11.8 Å². The molecule has 6 N–H and O–H groups in total. The molecule has 2 aromatic carbocycles. The molecule has 0 aromatic heterocycles. The number of nitrogens with zero attached hydrogens (tertiary/aromatic N) is 2. The molecule has 5 amide bonds. The minimum atomic E-state index is -0.798. The number of unbranched alkanes of at least 4 members (excludes halogenated alkanes) is 1. The lowest BCUT2D eigenvalue weighted by Crippen LogP contribution is -2.49. The van der Waals surface area contributed by atoms with Crippen molar-refractivity contribution in [2.45, 2.75) is 138 Å². The van der Waals surface area contributed by atoms with E-state index in [4.69, 9.17) is 5.11 Å². The third-order valence-electron chi connectivity index (χ3n) is 10.0. The average Bonchev–Trinajstić information content (AvgIpc) is 3.26. The summed E-state index contributed by atoms with van der Waals surface area (Å²) >= 11 is 0. The maximum atomic E-state index is 12.0. The third kappa shape index (κ3) is 38.7. The highest BCUT2D eigenvalue weighted by molar-refractivity contribution is 5.91. The largest absolute Gasteiger partial charge is 0.400 e. The van der Waals surface area contributed by atoms with E-state index >= 15 is 0 Å². The van der Waals surface area contributed by atoms with Gasteiger partial charge in [0.05, 0.1) is 19.6 Å². The van der Waals surface area contributed by atoms with Gasteiger partial charge in [0.1, 0.15) is 6.04 Å². The van der Waals surface area contributed by atoms with Gasteiger partial charge in [0, 0.05) is 31.2 Å². The zero-order valence-corrected chi connectivity index (χ0v) is 41.2. The molecule has 0 spiro atoms. The minimum Gasteiger partial charge on any atom is -0.400 e. The summed E-state index contributed by atoms with van der Waals surface area (Å²) in [5, 5.41) is 19.3. The molecule has 0 bridgehead atoms. The van der Waals surface area contributed by atoms with Crippen LogP contribution in [0.2, 0.25) is 0 Å². The Balaban J connectivity index is -0.000000825. The van der Waals surface area contributed by atoms with Crippen molar-refractivity contribution < 1.29 is 33.9 Å². The Morgan fingerprint density at radius 1 is 0.714 bits per heavy atom. The van der Waals surface area contributed by atoms with Gasteiger partial charge in [-0.2, -0.15) is 0 Å². The van der Waals surface area contributed by atoms with E-state index in [0.29, 0.717) is 18.9 Å². The monoisotopic (exact) mass is 886 g/mol. The number of aryl methyl sites for hydroxylation is 2. The Labute approximate surface area is 381 Å². The van der Waals surface area contributed by atoms with Crippen LogP contribution in [0, 0.1) is 25.7 Å². The normalized spacial score (nSPS) is 14.6. The molecule has 1 aliphatic carbocycles. The average molecular weight is 886 g/mol. The van der Waals surface area contributed by atoms with E-state index in [1.807, 2.05) is 43.3 Å². The maximum absolute atomic E-state index is 12.0. The van der Waals surface area contributed by atoms with Crippen LogP contribution in [0.5, 0.6) is 0 Å². The van der Waals surface area contributed by atoms with Gasteiger partial charge in [0.2, 0.25) is 30.5 Å². The second kappa shape index (κ2) is 41.4. The Bertz CT molecular complexity index is 1400. The fourth-order valence-corrected chi connectivity index (χ4v) is 5.93. The molecular formula is C49H87N7O7. The van der Waals surface area contributed by atoms with Crippen LogP contribution in [0.1, 0.15) is 111 Å². The molecule has 3 rings (SSSR count). The molecule has 0 saturated heterocycles. The molecule has 0 radical (unpaired) electrons. The SMILES string of the molecule is CC(C)C(=O)CNC=O.CC1CCC(N(C)C)CC1.CCN(CCCCC(C)NC(=O)CNC(=O)C(C)NC(=O)CNC=O)C(C)C.CO.Cc1ccccc1.Cc1ccccc1. The van der Waals surface area contributed by atoms with Crippen molar-refractivity contribution >= 4 is 36.3 Å². The van der Waals surface area contributed by atoms with Crippen LogP contribution in [0.15, 0.2) is 60.7 Å². The van der Waals surface area contributed by atoms with Gasteiger partial charge in [-0.3, -0.25) is 28.8 Å². The molecule has 1 fully saturated rings. The zero-order chi connectivity index (χ0) is 48.6. The number of rotatable bonds is 20. The highest BCUT2D eigenvalue weighted by Crippen LogP contribution is 2.25. The number of hydrogen-bond acceptors (Lipinski definition) is 9. The summed E-state index contributed by atoms with van der Waals surface area (Å²) in [7, 11) is 5.39. The minimum absolute atomic E-state index is 0.0115. The number of hydrogen-bond donors (Lipinski definition) is 6. The molecular weight excluding hydrogens is 799 g/mol. The summed E-state index contributed by atoms with van der Waals surface area (Å²) in [4.78, 5) is 70.5. The molecule has 63 heavy (non-hydrogen) atoms. The van der Waals surface area contributed by atoms with Gasteiger partial charge in [-0.1, -0.05) is 106 Å². The Morgan fingerprint density at radius 2 is 1.19 bits per heavy atom. The Hall–Kier alpha value is -4.66. The fraction of sp³-hybridized carbons (Fsp3) is 0.633. The van der Waals surface area contributed by atoms with Crippen LogP contribution in [0.25, 0.3) is 0 Å². The van der Waals surface area contributed by atoms with Gasteiger partial charge in [0.15, 0.2) is 5.78 Å². The molecule has 14 heteroatoms. The summed E-state index contributed by atoms with van der Waals surface area (Å²) in [6.45, 7) is 22.0. The van der Waals surface area contributed by atoms with E-state index in [1.165, 1.54) is 43.7 Å². The van der Waals surface area contributed by atoms with Crippen molar-refractivity contribution in [1.82, 2.24) is 36.4 Å². The van der Waals surface area contributed by atoms with E-state index in [-0.39, 0.29) is 43.3 Å². The smallest absolute Gasteiger partial charge is 0.242 e. The van der Waals surface area contributed by atoms with Crippen LogP contribution in [0.4, 0.5) is 0 Å². The molecule has 2 atom stereocenters. The number of carbonyl (C=O) groups excluding carboxylic acids is 6. The summed E-state index contributed by atoms with van der Waals surface area (Å²) in [5.41, 5.74) is 2.64. The molecule has 360 valence electrons. The number of nitrogens with one attached hydrogen (secondary N) is 5. The quantitative estimate of drug-likeness (QED) is 0.0744. The second-order valence-electron chi connectivity index (χ2n) is 16.5. The Morgan fingerprint density at radius 3 is 1.59 bits per heavy atom. The topological polar surface area (TPSA) is 189 Å². The van der Waals surface area contributed by atoms with E-state index in [0.717, 1.165) is 51.4 Å². The van der Waals surface area contributed by atoms with Crippen LogP contribution >= 0.6 is 0 Å². The van der Waals surface area contributed by atoms with Crippen LogP contribution in [0.3, 0.4) is 0 Å². The van der Waals surface area contributed by atoms with Crippen LogP contribution < -0.4 is 26.6 Å². The Kier molecular flexibility index (Phi) is 41.1. The summed E-state index contributed by atoms with van der Waals surface area (Å²) < 4.78 is 0. The number of Topliss-reactive ketones (excluding diaryl/α,β-unsaturated/α-hetero) is 1. The number of benzene rings is 2. The predicted molar refractivity (Wildman–Crippen MR) is 258 cm³/mol. The highest BCUT2D eigenvalue weighted by atomic mass is 16.2. The van der Waals surface area contributed by atoms with Crippen LogP contribution in [-0.4, -0.2) is 129 Å². The highest BCUT2D eigenvalue weighted by Gasteiger charge is 2.19.